The topological polar surface area (TPSA) is 78.9 Å². The molecule has 0 aromatic carbocycles. The summed E-state index contributed by atoms with van der Waals surface area (Å²) in [5, 5.41) is 7.83. The van der Waals surface area contributed by atoms with Crippen molar-refractivity contribution in [3.05, 3.63) is 11.8 Å². The lowest BCUT2D eigenvalue weighted by atomic mass is 10.3. The van der Waals surface area contributed by atoms with Gasteiger partial charge in [0.25, 0.3) is 0 Å². The van der Waals surface area contributed by atoms with E-state index in [9.17, 15) is 18.0 Å². The van der Waals surface area contributed by atoms with Crippen molar-refractivity contribution in [1.82, 2.24) is 15.3 Å². The zero-order valence-electron chi connectivity index (χ0n) is 12.0. The summed E-state index contributed by atoms with van der Waals surface area (Å²) in [6, 6.07) is 0.825. The van der Waals surface area contributed by atoms with E-state index in [0.29, 0.717) is 0 Å². The molecule has 0 atom stereocenters. The molecule has 0 saturated heterocycles. The van der Waals surface area contributed by atoms with Crippen LogP contribution in [0, 0.1) is 0 Å². The number of alkyl halides is 3. The third-order valence-electron chi connectivity index (χ3n) is 2.35. The minimum absolute atomic E-state index is 0.0130. The van der Waals surface area contributed by atoms with Crippen LogP contribution in [0.3, 0.4) is 0 Å². The molecule has 0 unspecified atom stereocenters. The van der Waals surface area contributed by atoms with Crippen molar-refractivity contribution in [2.45, 2.75) is 32.5 Å². The number of anilines is 2. The second kappa shape index (κ2) is 7.09. The Morgan fingerprint density at radius 3 is 2.52 bits per heavy atom. The van der Waals surface area contributed by atoms with Gasteiger partial charge in [0.2, 0.25) is 11.9 Å². The number of amides is 1. The van der Waals surface area contributed by atoms with Crippen LogP contribution in [-0.4, -0.2) is 35.5 Å². The summed E-state index contributed by atoms with van der Waals surface area (Å²) in [7, 11) is 1.43. The summed E-state index contributed by atoms with van der Waals surface area (Å²) < 4.78 is 38.0. The number of aromatic nitrogens is 2. The highest BCUT2D eigenvalue weighted by Crippen LogP contribution is 2.29. The van der Waals surface area contributed by atoms with E-state index >= 15 is 0 Å². The van der Waals surface area contributed by atoms with E-state index in [1.54, 1.807) is 0 Å². The van der Waals surface area contributed by atoms with Gasteiger partial charge in [-0.25, -0.2) is 4.98 Å². The Kier molecular flexibility index (Phi) is 5.74. The summed E-state index contributed by atoms with van der Waals surface area (Å²) >= 11 is 0. The molecule has 0 radical (unpaired) electrons. The lowest BCUT2D eigenvalue weighted by Gasteiger charge is -2.12. The Morgan fingerprint density at radius 2 is 2.00 bits per heavy atom. The van der Waals surface area contributed by atoms with E-state index in [4.69, 9.17) is 0 Å². The van der Waals surface area contributed by atoms with Gasteiger partial charge in [-0.15, -0.1) is 0 Å². The molecule has 0 aliphatic rings. The largest absolute Gasteiger partial charge is 0.433 e. The molecular formula is C12H18F3N5O. The number of nitrogens with zero attached hydrogens (tertiary/aromatic N) is 2. The molecule has 1 amide bonds. The molecule has 1 heterocycles. The van der Waals surface area contributed by atoms with Crippen LogP contribution >= 0.6 is 0 Å². The van der Waals surface area contributed by atoms with Crippen molar-refractivity contribution in [2.75, 3.05) is 24.2 Å². The molecule has 1 aromatic rings. The number of carbonyl (C=O) groups excluding carboxylic acids is 1. The van der Waals surface area contributed by atoms with Gasteiger partial charge in [0.15, 0.2) is 5.69 Å². The summed E-state index contributed by atoms with van der Waals surface area (Å²) in [6.45, 7) is 3.82. The molecule has 0 aliphatic heterocycles. The molecule has 1 rings (SSSR count). The molecule has 21 heavy (non-hydrogen) atoms. The smallest absolute Gasteiger partial charge is 0.369 e. The first kappa shape index (κ1) is 17.0. The van der Waals surface area contributed by atoms with Gasteiger partial charge in [-0.1, -0.05) is 0 Å². The van der Waals surface area contributed by atoms with E-state index in [0.717, 1.165) is 6.07 Å². The fraction of sp³-hybridized carbons (Fsp3) is 0.583. The van der Waals surface area contributed by atoms with Gasteiger partial charge in [-0.2, -0.15) is 18.2 Å². The average molecular weight is 305 g/mol. The molecule has 0 spiro atoms. The maximum Gasteiger partial charge on any atom is 0.433 e. The number of nitrogens with one attached hydrogen (secondary N) is 3. The van der Waals surface area contributed by atoms with E-state index in [-0.39, 0.29) is 36.7 Å². The second-order valence-electron chi connectivity index (χ2n) is 4.61. The lowest BCUT2D eigenvalue weighted by molar-refractivity contribution is -0.141. The van der Waals surface area contributed by atoms with E-state index < -0.39 is 11.9 Å². The van der Waals surface area contributed by atoms with Crippen LogP contribution in [0.5, 0.6) is 0 Å². The monoisotopic (exact) mass is 305 g/mol. The zero-order chi connectivity index (χ0) is 16.0. The van der Waals surface area contributed by atoms with Crippen molar-refractivity contribution in [2.24, 2.45) is 0 Å². The van der Waals surface area contributed by atoms with Crippen LogP contribution < -0.4 is 16.0 Å². The first-order valence-electron chi connectivity index (χ1n) is 6.39. The Bertz CT molecular complexity index is 490. The van der Waals surface area contributed by atoms with Gasteiger partial charge < -0.3 is 16.0 Å². The fourth-order valence-electron chi connectivity index (χ4n) is 1.49. The summed E-state index contributed by atoms with van der Waals surface area (Å²) in [5.41, 5.74) is -1.05. The molecule has 0 saturated carbocycles. The highest BCUT2D eigenvalue weighted by Gasteiger charge is 2.33. The van der Waals surface area contributed by atoms with Crippen molar-refractivity contribution >= 4 is 17.7 Å². The fourth-order valence-corrected chi connectivity index (χ4v) is 1.49. The molecule has 118 valence electrons. The van der Waals surface area contributed by atoms with Gasteiger partial charge in [0.05, 0.1) is 0 Å². The number of halogens is 3. The minimum Gasteiger partial charge on any atom is -0.369 e. The Balaban J connectivity index is 2.68. The van der Waals surface area contributed by atoms with E-state index in [2.05, 4.69) is 25.9 Å². The number of hydrogen-bond acceptors (Lipinski definition) is 5. The average Bonchev–Trinajstić information content (AvgIpc) is 2.36. The minimum atomic E-state index is -4.56. The maximum absolute atomic E-state index is 12.7. The van der Waals surface area contributed by atoms with Crippen LogP contribution in [0.25, 0.3) is 0 Å². The van der Waals surface area contributed by atoms with Crippen LogP contribution in [0.2, 0.25) is 0 Å². The summed E-state index contributed by atoms with van der Waals surface area (Å²) in [6.07, 6.45) is -4.42. The van der Waals surface area contributed by atoms with Crippen LogP contribution in [0.15, 0.2) is 6.07 Å². The van der Waals surface area contributed by atoms with Crippen molar-refractivity contribution in [3.8, 4) is 0 Å². The SMILES string of the molecule is CNc1nc(NCCC(=O)NC(C)C)cc(C(F)(F)F)n1. The predicted octanol–water partition coefficient (Wildman–Crippen LogP) is 1.86. The molecule has 0 aliphatic carbocycles. The van der Waals surface area contributed by atoms with Crippen molar-refractivity contribution in [3.63, 3.8) is 0 Å². The third kappa shape index (κ3) is 5.84. The highest BCUT2D eigenvalue weighted by atomic mass is 19.4. The van der Waals surface area contributed by atoms with Crippen molar-refractivity contribution < 1.29 is 18.0 Å². The first-order chi connectivity index (χ1) is 9.72. The number of carbonyl (C=O) groups is 1. The Hall–Kier alpha value is -2.06. The molecule has 3 N–H and O–H groups in total. The molecule has 1 aromatic heterocycles. The standard InChI is InChI=1S/C12H18F3N5O/c1-7(2)18-10(21)4-5-17-9-6-8(12(13,14)15)19-11(16-3)20-9/h6-7H,4-5H2,1-3H3,(H,18,21)(H2,16,17,19,20). The van der Waals surface area contributed by atoms with Crippen LogP contribution in [-0.2, 0) is 11.0 Å². The molecular weight excluding hydrogens is 287 g/mol. The zero-order valence-corrected chi connectivity index (χ0v) is 12.0. The Morgan fingerprint density at radius 1 is 1.33 bits per heavy atom. The Labute approximate surface area is 120 Å². The number of hydrogen-bond donors (Lipinski definition) is 3. The normalized spacial score (nSPS) is 11.4. The van der Waals surface area contributed by atoms with Gasteiger partial charge >= 0.3 is 6.18 Å². The summed E-state index contributed by atoms with van der Waals surface area (Å²) in [4.78, 5) is 18.6. The van der Waals surface area contributed by atoms with Gasteiger partial charge in [0, 0.05) is 32.1 Å². The van der Waals surface area contributed by atoms with Gasteiger partial charge in [-0.05, 0) is 13.8 Å². The van der Waals surface area contributed by atoms with Crippen LogP contribution in [0.4, 0.5) is 24.9 Å². The van der Waals surface area contributed by atoms with Crippen molar-refractivity contribution in [1.29, 1.82) is 0 Å². The first-order valence-corrected chi connectivity index (χ1v) is 6.39. The molecule has 0 bridgehead atoms. The third-order valence-corrected chi connectivity index (χ3v) is 2.35. The maximum atomic E-state index is 12.7. The highest BCUT2D eigenvalue weighted by molar-refractivity contribution is 5.76. The summed E-state index contributed by atoms with van der Waals surface area (Å²) in [5.74, 6) is -0.311. The lowest BCUT2D eigenvalue weighted by Crippen LogP contribution is -2.31. The van der Waals surface area contributed by atoms with E-state index in [1.807, 2.05) is 13.8 Å². The second-order valence-corrected chi connectivity index (χ2v) is 4.61. The predicted molar refractivity (Wildman–Crippen MR) is 73.0 cm³/mol. The molecule has 9 heteroatoms. The quantitative estimate of drug-likeness (QED) is 0.747. The molecule has 0 fully saturated rings. The molecule has 6 nitrogen and oxygen atoms in total. The van der Waals surface area contributed by atoms with Gasteiger partial charge in [-0.3, -0.25) is 4.79 Å². The van der Waals surface area contributed by atoms with Gasteiger partial charge in [0.1, 0.15) is 5.82 Å². The van der Waals surface area contributed by atoms with Crippen LogP contribution in [0.1, 0.15) is 26.0 Å². The van der Waals surface area contributed by atoms with E-state index in [1.165, 1.54) is 7.05 Å². The number of rotatable bonds is 6.